The molecule has 2 heterocycles. The van der Waals surface area contributed by atoms with Gasteiger partial charge < -0.3 is 13.9 Å². The molecule has 0 fully saturated rings. The largest absolute Gasteiger partial charge is 0.456 e. The molecule has 0 unspecified atom stereocenters. The highest BCUT2D eigenvalue weighted by molar-refractivity contribution is 6.25. The predicted octanol–water partition coefficient (Wildman–Crippen LogP) is 16.0. The molecule has 0 atom stereocenters. The third kappa shape index (κ3) is 5.89. The molecule has 61 heavy (non-hydrogen) atoms. The summed E-state index contributed by atoms with van der Waals surface area (Å²) in [7, 11) is 0. The smallest absolute Gasteiger partial charge is 0.137 e. The average Bonchev–Trinajstić information content (AvgIpc) is 3.86. The summed E-state index contributed by atoms with van der Waals surface area (Å²) in [5, 5.41) is 9.92. The standard InChI is InChI=1S/C58H40N2O/c1-2-15-39(16-3-1)43-21-12-22-44(37-43)60(45-32-33-49-48-24-8-11-30-55(48)61-56(49)38-45)52-28-9-5-18-41(52)35-36-59-53-29-10-7-25-51(53)58-54(59)34-31-42-20-14-27-50(57(42)58)47-26-13-19-40-17-4-6-23-46(40)47/h1-34,37-38H,35-36H2. The lowest BCUT2D eigenvalue weighted by molar-refractivity contribution is 0.669. The number of anilines is 3. The van der Waals surface area contributed by atoms with E-state index in [-0.39, 0.29) is 0 Å². The number of nitrogens with zero attached hydrogens (tertiary/aromatic N) is 2. The first-order valence-electron chi connectivity index (χ1n) is 21.1. The molecule has 288 valence electrons. The zero-order chi connectivity index (χ0) is 40.3. The molecule has 0 radical (unpaired) electrons. The molecule has 3 heteroatoms. The summed E-state index contributed by atoms with van der Waals surface area (Å²) in [5.74, 6) is 0. The van der Waals surface area contributed by atoms with Gasteiger partial charge in [0, 0.05) is 62.3 Å². The molecule has 3 nitrogen and oxygen atoms in total. The maximum absolute atomic E-state index is 6.47. The van der Waals surface area contributed by atoms with E-state index in [4.69, 9.17) is 4.42 Å². The number of benzene rings is 10. The minimum absolute atomic E-state index is 0.809. The third-order valence-electron chi connectivity index (χ3n) is 12.5. The maximum Gasteiger partial charge on any atom is 0.137 e. The van der Waals surface area contributed by atoms with Crippen LogP contribution < -0.4 is 4.90 Å². The molecule has 0 saturated carbocycles. The van der Waals surface area contributed by atoms with E-state index in [1.54, 1.807) is 0 Å². The van der Waals surface area contributed by atoms with Crippen molar-refractivity contribution in [1.82, 2.24) is 4.57 Å². The summed E-state index contributed by atoms with van der Waals surface area (Å²) in [6.45, 7) is 0.809. The van der Waals surface area contributed by atoms with Gasteiger partial charge in [-0.1, -0.05) is 164 Å². The maximum atomic E-state index is 6.47. The quantitative estimate of drug-likeness (QED) is 0.153. The van der Waals surface area contributed by atoms with Gasteiger partial charge >= 0.3 is 0 Å². The molecular weight excluding hydrogens is 741 g/mol. The van der Waals surface area contributed by atoms with Gasteiger partial charge in [0.2, 0.25) is 0 Å². The second-order valence-corrected chi connectivity index (χ2v) is 16.0. The molecule has 2 aromatic heterocycles. The fraction of sp³-hybridized carbons (Fsp3) is 0.0345. The fourth-order valence-electron chi connectivity index (χ4n) is 9.75. The Morgan fingerprint density at radius 1 is 0.393 bits per heavy atom. The van der Waals surface area contributed by atoms with Gasteiger partial charge in [-0.15, -0.1) is 0 Å². The Kier molecular flexibility index (Phi) is 8.31. The minimum atomic E-state index is 0.809. The van der Waals surface area contributed by atoms with Crippen molar-refractivity contribution in [2.45, 2.75) is 13.0 Å². The molecule has 12 rings (SSSR count). The molecule has 0 amide bonds. The normalized spacial score (nSPS) is 11.7. The van der Waals surface area contributed by atoms with Gasteiger partial charge in [0.05, 0.1) is 0 Å². The van der Waals surface area contributed by atoms with Crippen LogP contribution in [0.3, 0.4) is 0 Å². The van der Waals surface area contributed by atoms with Crippen molar-refractivity contribution < 1.29 is 4.42 Å². The lowest BCUT2D eigenvalue weighted by Gasteiger charge is -2.28. The molecule has 10 aromatic carbocycles. The van der Waals surface area contributed by atoms with Gasteiger partial charge in [-0.25, -0.2) is 0 Å². The molecule has 0 aliphatic rings. The van der Waals surface area contributed by atoms with Crippen LogP contribution in [-0.2, 0) is 13.0 Å². The van der Waals surface area contributed by atoms with Crippen LogP contribution in [0, 0.1) is 0 Å². The van der Waals surface area contributed by atoms with Crippen molar-refractivity contribution in [3.63, 3.8) is 0 Å². The second-order valence-electron chi connectivity index (χ2n) is 16.0. The van der Waals surface area contributed by atoms with Crippen LogP contribution in [0.4, 0.5) is 17.1 Å². The molecule has 0 spiro atoms. The Morgan fingerprint density at radius 2 is 1.07 bits per heavy atom. The third-order valence-corrected chi connectivity index (χ3v) is 12.5. The van der Waals surface area contributed by atoms with Crippen molar-refractivity contribution >= 4 is 82.4 Å². The van der Waals surface area contributed by atoms with E-state index in [0.29, 0.717) is 0 Å². The highest BCUT2D eigenvalue weighted by atomic mass is 16.3. The first-order chi connectivity index (χ1) is 30.3. The number of aryl methyl sites for hydroxylation is 2. The van der Waals surface area contributed by atoms with E-state index in [1.807, 2.05) is 12.1 Å². The molecule has 0 aliphatic heterocycles. The number of aromatic nitrogens is 1. The van der Waals surface area contributed by atoms with Gasteiger partial charge in [0.15, 0.2) is 0 Å². The minimum Gasteiger partial charge on any atom is -0.456 e. The molecule has 0 aliphatic carbocycles. The Bertz CT molecular complexity index is 3610. The monoisotopic (exact) mass is 780 g/mol. The van der Waals surface area contributed by atoms with Crippen LogP contribution in [-0.4, -0.2) is 4.57 Å². The number of hydrogen-bond donors (Lipinski definition) is 0. The number of rotatable bonds is 8. The number of para-hydroxylation sites is 3. The van der Waals surface area contributed by atoms with Crippen molar-refractivity contribution in [3.05, 3.63) is 224 Å². The van der Waals surface area contributed by atoms with Crippen LogP contribution in [0.1, 0.15) is 5.56 Å². The van der Waals surface area contributed by atoms with E-state index in [2.05, 4.69) is 216 Å². The average molecular weight is 781 g/mol. The summed E-state index contributed by atoms with van der Waals surface area (Å²) in [6, 6.07) is 79.1. The number of furan rings is 1. The lowest BCUT2D eigenvalue weighted by atomic mass is 9.92. The highest BCUT2D eigenvalue weighted by Crippen LogP contribution is 2.44. The van der Waals surface area contributed by atoms with Crippen molar-refractivity contribution in [3.8, 4) is 22.3 Å². The molecular formula is C58H40N2O. The van der Waals surface area contributed by atoms with Crippen LogP contribution in [0.15, 0.2) is 223 Å². The number of fused-ring (bicyclic) bond motifs is 9. The Labute approximate surface area is 354 Å². The lowest BCUT2D eigenvalue weighted by Crippen LogP contribution is -2.13. The summed E-state index contributed by atoms with van der Waals surface area (Å²) in [4.78, 5) is 2.41. The van der Waals surface area contributed by atoms with E-state index in [1.165, 1.54) is 71.2 Å². The summed E-state index contributed by atoms with van der Waals surface area (Å²) in [5.41, 5.74) is 13.7. The van der Waals surface area contributed by atoms with Crippen molar-refractivity contribution in [2.75, 3.05) is 4.90 Å². The Balaban J connectivity index is 1.01. The molecule has 0 N–H and O–H groups in total. The first kappa shape index (κ1) is 35.1. The van der Waals surface area contributed by atoms with Gasteiger partial charge in [0.1, 0.15) is 11.2 Å². The summed E-state index contributed by atoms with van der Waals surface area (Å²) in [6.07, 6.45) is 0.828. The molecule has 0 bridgehead atoms. The van der Waals surface area contributed by atoms with Crippen molar-refractivity contribution in [2.24, 2.45) is 0 Å². The van der Waals surface area contributed by atoms with E-state index in [9.17, 15) is 0 Å². The van der Waals surface area contributed by atoms with E-state index in [0.717, 1.165) is 52.0 Å². The summed E-state index contributed by atoms with van der Waals surface area (Å²) < 4.78 is 9.02. The van der Waals surface area contributed by atoms with Gasteiger partial charge in [-0.3, -0.25) is 0 Å². The zero-order valence-corrected chi connectivity index (χ0v) is 33.5. The Morgan fingerprint density at radius 3 is 1.98 bits per heavy atom. The zero-order valence-electron chi connectivity index (χ0n) is 33.5. The van der Waals surface area contributed by atoms with E-state index >= 15 is 0 Å². The van der Waals surface area contributed by atoms with Gasteiger partial charge in [0.25, 0.3) is 0 Å². The van der Waals surface area contributed by atoms with Crippen LogP contribution in [0.5, 0.6) is 0 Å². The van der Waals surface area contributed by atoms with Crippen LogP contribution >= 0.6 is 0 Å². The van der Waals surface area contributed by atoms with Crippen LogP contribution in [0.2, 0.25) is 0 Å². The first-order valence-corrected chi connectivity index (χ1v) is 21.1. The number of hydrogen-bond acceptors (Lipinski definition) is 2. The highest BCUT2D eigenvalue weighted by Gasteiger charge is 2.21. The van der Waals surface area contributed by atoms with Gasteiger partial charge in [-0.05, 0) is 104 Å². The topological polar surface area (TPSA) is 21.3 Å². The second kappa shape index (κ2) is 14.4. The SMILES string of the molecule is c1ccc(-c2cccc(N(c3ccc4c(c3)oc3ccccc34)c3ccccc3CCn3c4ccccc4c4c5c(-c6cccc7ccccc67)cccc5ccc43)c2)cc1. The fourth-order valence-corrected chi connectivity index (χ4v) is 9.75. The summed E-state index contributed by atoms with van der Waals surface area (Å²) >= 11 is 0. The molecule has 0 saturated heterocycles. The van der Waals surface area contributed by atoms with Gasteiger partial charge in [-0.2, -0.15) is 0 Å². The Hall–Kier alpha value is -7.88. The van der Waals surface area contributed by atoms with Crippen molar-refractivity contribution in [1.29, 1.82) is 0 Å². The van der Waals surface area contributed by atoms with Crippen LogP contribution in [0.25, 0.3) is 87.5 Å². The molecule has 12 aromatic rings. The van der Waals surface area contributed by atoms with E-state index < -0.39 is 0 Å². The predicted molar refractivity (Wildman–Crippen MR) is 257 cm³/mol.